The monoisotopic (exact) mass is 634 g/mol. The highest BCUT2D eigenvalue weighted by molar-refractivity contribution is 7.92. The number of fused-ring (bicyclic) bond motifs is 2. The number of carbonyl (C=O) groups is 1. The molecule has 0 fully saturated rings. The highest BCUT2D eigenvalue weighted by atomic mass is 32.2. The normalized spacial score (nSPS) is 12.0. The van der Waals surface area contributed by atoms with Crippen molar-refractivity contribution >= 4 is 43.6 Å². The Morgan fingerprint density at radius 2 is 1.65 bits per heavy atom. The van der Waals surface area contributed by atoms with Crippen molar-refractivity contribution in [3.63, 3.8) is 0 Å². The van der Waals surface area contributed by atoms with E-state index in [2.05, 4.69) is 15.4 Å². The quantitative estimate of drug-likeness (QED) is 0.159. The Balaban J connectivity index is 1.28. The summed E-state index contributed by atoms with van der Waals surface area (Å²) in [5.74, 6) is 0.415. The third-order valence-electron chi connectivity index (χ3n) is 7.81. The zero-order valence-corrected chi connectivity index (χ0v) is 26.6. The minimum Gasteiger partial charge on any atom is -0.487 e. The maximum Gasteiger partial charge on any atom is 0.309 e. The van der Waals surface area contributed by atoms with Gasteiger partial charge in [0, 0.05) is 30.1 Å². The molecule has 0 aliphatic carbocycles. The first-order chi connectivity index (χ1) is 21.9. The molecule has 234 valence electrons. The fourth-order valence-corrected chi connectivity index (χ4v) is 5.92. The number of ether oxygens (including phenoxy) is 1. The van der Waals surface area contributed by atoms with E-state index >= 15 is 0 Å². The van der Waals surface area contributed by atoms with E-state index in [1.54, 1.807) is 26.0 Å². The van der Waals surface area contributed by atoms with E-state index in [-0.39, 0.29) is 6.42 Å². The number of imidazole rings is 1. The highest BCUT2D eigenvalue weighted by Crippen LogP contribution is 2.30. The Morgan fingerprint density at radius 1 is 0.870 bits per heavy atom. The summed E-state index contributed by atoms with van der Waals surface area (Å²) in [5, 5.41) is 11.0. The first-order valence-electron chi connectivity index (χ1n) is 14.8. The van der Waals surface area contributed by atoms with E-state index in [1.807, 2.05) is 84.9 Å². The highest BCUT2D eigenvalue weighted by Gasteiger charge is 2.30. The smallest absolute Gasteiger partial charge is 0.309 e. The summed E-state index contributed by atoms with van der Waals surface area (Å²) in [6, 6.07) is 32.9. The lowest BCUT2D eigenvalue weighted by atomic mass is 9.89. The Labute approximate surface area is 267 Å². The van der Waals surface area contributed by atoms with Gasteiger partial charge in [-0.25, -0.2) is 18.4 Å². The summed E-state index contributed by atoms with van der Waals surface area (Å²) in [7, 11) is -3.36. The van der Waals surface area contributed by atoms with Gasteiger partial charge in [-0.3, -0.25) is 9.52 Å². The van der Waals surface area contributed by atoms with E-state index in [4.69, 9.17) is 14.7 Å². The van der Waals surface area contributed by atoms with Crippen LogP contribution in [0.3, 0.4) is 0 Å². The van der Waals surface area contributed by atoms with Crippen LogP contribution in [0.2, 0.25) is 0 Å². The molecule has 0 spiro atoms. The number of aromatic nitrogens is 3. The van der Waals surface area contributed by atoms with Crippen LogP contribution in [-0.2, 0) is 34.4 Å². The molecule has 4 aromatic carbocycles. The fraction of sp³-hybridized carbons (Fsp3) is 0.194. The van der Waals surface area contributed by atoms with Gasteiger partial charge in [-0.05, 0) is 73.0 Å². The van der Waals surface area contributed by atoms with Gasteiger partial charge in [0.2, 0.25) is 10.0 Å². The van der Waals surface area contributed by atoms with Crippen molar-refractivity contribution in [2.24, 2.45) is 5.41 Å². The van der Waals surface area contributed by atoms with Crippen molar-refractivity contribution in [3.8, 4) is 16.9 Å². The number of hydrogen-bond donors (Lipinski definition) is 2. The largest absolute Gasteiger partial charge is 0.487 e. The Kier molecular flexibility index (Phi) is 8.22. The first-order valence-corrected chi connectivity index (χ1v) is 16.7. The molecule has 0 unspecified atom stereocenters. The Bertz CT molecular complexity index is 2170. The lowest BCUT2D eigenvalue weighted by molar-refractivity contribution is -0.146. The molecule has 0 amide bonds. The summed E-state index contributed by atoms with van der Waals surface area (Å²) in [4.78, 5) is 21.7. The van der Waals surface area contributed by atoms with E-state index < -0.39 is 21.4 Å². The summed E-state index contributed by atoms with van der Waals surface area (Å²) >= 11 is 0. The van der Waals surface area contributed by atoms with Crippen LogP contribution in [0.25, 0.3) is 33.1 Å². The van der Waals surface area contributed by atoms with E-state index in [0.29, 0.717) is 35.9 Å². The molecule has 0 bridgehead atoms. The number of carboxylic acid groups (broad SMARTS) is 1. The summed E-state index contributed by atoms with van der Waals surface area (Å²) in [5.41, 5.74) is 5.69. The third kappa shape index (κ3) is 7.02. The number of aliphatic carboxylic acids is 1. The van der Waals surface area contributed by atoms with E-state index in [1.165, 1.54) is 0 Å². The number of rotatable bonds is 11. The maximum atomic E-state index is 12.1. The van der Waals surface area contributed by atoms with Crippen molar-refractivity contribution in [1.29, 1.82) is 0 Å². The van der Waals surface area contributed by atoms with Gasteiger partial charge in [-0.2, -0.15) is 0 Å². The van der Waals surface area contributed by atoms with Gasteiger partial charge in [0.15, 0.2) is 0 Å². The number of carboxylic acids is 1. The number of nitrogens with zero attached hydrogens (tertiary/aromatic N) is 3. The molecule has 0 aliphatic rings. The number of sulfonamides is 1. The molecule has 0 aliphatic heterocycles. The molecule has 0 atom stereocenters. The molecule has 0 saturated heterocycles. The van der Waals surface area contributed by atoms with Crippen LogP contribution >= 0.6 is 0 Å². The maximum absolute atomic E-state index is 12.1. The zero-order valence-electron chi connectivity index (χ0n) is 25.8. The molecular weight excluding hydrogens is 600 g/mol. The molecule has 0 radical (unpaired) electrons. The van der Waals surface area contributed by atoms with Crippen LogP contribution in [0.4, 0.5) is 5.69 Å². The lowest BCUT2D eigenvalue weighted by Crippen LogP contribution is -2.27. The lowest BCUT2D eigenvalue weighted by Gasteiger charge is -2.19. The Morgan fingerprint density at radius 3 is 2.41 bits per heavy atom. The second-order valence-corrected chi connectivity index (χ2v) is 13.8. The van der Waals surface area contributed by atoms with Crippen molar-refractivity contribution in [2.75, 3.05) is 11.0 Å². The molecular formula is C36H34N4O5S. The second-order valence-electron chi connectivity index (χ2n) is 12.1. The van der Waals surface area contributed by atoms with Crippen molar-refractivity contribution in [1.82, 2.24) is 14.5 Å². The zero-order chi connectivity index (χ0) is 32.5. The number of anilines is 1. The Hall–Kier alpha value is -5.22. The molecule has 6 rings (SSSR count). The topological polar surface area (TPSA) is 123 Å². The van der Waals surface area contributed by atoms with Crippen LogP contribution in [0, 0.1) is 5.41 Å². The third-order valence-corrected chi connectivity index (χ3v) is 8.42. The van der Waals surface area contributed by atoms with Crippen LogP contribution < -0.4 is 9.46 Å². The van der Waals surface area contributed by atoms with Crippen LogP contribution in [0.5, 0.6) is 5.75 Å². The number of hydrogen-bond acceptors (Lipinski definition) is 6. The van der Waals surface area contributed by atoms with Gasteiger partial charge in [0.25, 0.3) is 0 Å². The first kappa shape index (κ1) is 30.8. The molecule has 6 aromatic rings. The molecule has 2 N–H and O–H groups in total. The predicted octanol–water partition coefficient (Wildman–Crippen LogP) is 6.90. The number of pyridine rings is 1. The van der Waals surface area contributed by atoms with Crippen molar-refractivity contribution in [3.05, 3.63) is 120 Å². The van der Waals surface area contributed by atoms with Gasteiger partial charge < -0.3 is 14.4 Å². The number of para-hydroxylation sites is 1. The molecule has 2 heterocycles. The molecule has 46 heavy (non-hydrogen) atoms. The van der Waals surface area contributed by atoms with Crippen LogP contribution in [0.1, 0.15) is 30.9 Å². The molecule has 10 heteroatoms. The van der Waals surface area contributed by atoms with Crippen molar-refractivity contribution in [2.45, 2.75) is 33.4 Å². The predicted molar refractivity (Wildman–Crippen MR) is 180 cm³/mol. The molecule has 9 nitrogen and oxygen atoms in total. The SMILES string of the molecule is CC(C)(Cc1nc2cc(OCc3ccc4ccccc4n3)ccc2n1Cc1cccc(-c2ccc(NS(C)(=O)=O)cc2)c1)C(=O)O. The second kappa shape index (κ2) is 12.3. The number of nitrogens with one attached hydrogen (secondary N) is 1. The fourth-order valence-electron chi connectivity index (χ4n) is 5.35. The van der Waals surface area contributed by atoms with Gasteiger partial charge in [0.05, 0.1) is 33.9 Å². The van der Waals surface area contributed by atoms with Crippen LogP contribution in [0.15, 0.2) is 103 Å². The minimum atomic E-state index is -3.36. The number of benzene rings is 4. The average Bonchev–Trinajstić information content (AvgIpc) is 3.34. The summed E-state index contributed by atoms with van der Waals surface area (Å²) in [6.45, 7) is 4.18. The standard InChI is InChI=1S/C36H34N4O5S/c1-36(2,35(41)42)21-34-38-32-20-30(45-23-29-16-13-26-8-4-5-10-31(26)37-29)17-18-33(32)40(34)22-24-7-6-9-27(19-24)25-11-14-28(15-12-25)39-46(3,43)44/h4-20,39H,21-23H2,1-3H3,(H,41,42). The van der Waals surface area contributed by atoms with Gasteiger partial charge in [-0.1, -0.05) is 54.6 Å². The average molecular weight is 635 g/mol. The minimum absolute atomic E-state index is 0.239. The van der Waals surface area contributed by atoms with E-state index in [9.17, 15) is 18.3 Å². The van der Waals surface area contributed by atoms with Gasteiger partial charge in [-0.15, -0.1) is 0 Å². The van der Waals surface area contributed by atoms with Crippen LogP contribution in [-0.4, -0.2) is 40.3 Å². The van der Waals surface area contributed by atoms with E-state index in [0.717, 1.165) is 45.1 Å². The van der Waals surface area contributed by atoms with Gasteiger partial charge in [0.1, 0.15) is 18.2 Å². The molecule has 0 saturated carbocycles. The molecule has 2 aromatic heterocycles. The summed E-state index contributed by atoms with van der Waals surface area (Å²) in [6.07, 6.45) is 1.36. The summed E-state index contributed by atoms with van der Waals surface area (Å²) < 4.78 is 33.8. The van der Waals surface area contributed by atoms with Crippen molar-refractivity contribution < 1.29 is 23.1 Å². The van der Waals surface area contributed by atoms with Gasteiger partial charge >= 0.3 is 5.97 Å².